The Morgan fingerprint density at radius 3 is 3.00 bits per heavy atom. The monoisotopic (exact) mass is 134 g/mol. The van der Waals surface area contributed by atoms with Gasteiger partial charge >= 0.3 is 0 Å². The molecule has 0 radical (unpaired) electrons. The number of rotatable bonds is 1. The molecule has 0 heteroatoms. The highest BCUT2D eigenvalue weighted by Crippen LogP contribution is 2.47. The Morgan fingerprint density at radius 2 is 2.40 bits per heavy atom. The van der Waals surface area contributed by atoms with Gasteiger partial charge in [-0.1, -0.05) is 24.6 Å². The van der Waals surface area contributed by atoms with Crippen LogP contribution in [0, 0.1) is 11.8 Å². The molecule has 0 aromatic heterocycles. The Morgan fingerprint density at radius 1 is 1.60 bits per heavy atom. The van der Waals surface area contributed by atoms with Crippen LogP contribution in [0.25, 0.3) is 0 Å². The summed E-state index contributed by atoms with van der Waals surface area (Å²) in [6, 6.07) is 0. The van der Waals surface area contributed by atoms with Crippen LogP contribution in [-0.4, -0.2) is 0 Å². The molecule has 1 fully saturated rings. The molecule has 0 heterocycles. The Labute approximate surface area is 62.6 Å². The van der Waals surface area contributed by atoms with E-state index in [0.717, 1.165) is 11.8 Å². The van der Waals surface area contributed by atoms with Gasteiger partial charge in [-0.25, -0.2) is 0 Å². The van der Waals surface area contributed by atoms with Crippen molar-refractivity contribution in [3.8, 4) is 0 Å². The van der Waals surface area contributed by atoms with E-state index in [1.807, 2.05) is 0 Å². The molecule has 0 nitrogen and oxygen atoms in total. The Balaban J connectivity index is 2.16. The zero-order chi connectivity index (χ0) is 7.14. The number of allylic oxidation sites excluding steroid dienone is 3. The molecule has 54 valence electrons. The van der Waals surface area contributed by atoms with E-state index in [0.29, 0.717) is 0 Å². The van der Waals surface area contributed by atoms with Gasteiger partial charge in [0, 0.05) is 0 Å². The minimum atomic E-state index is 0.914. The van der Waals surface area contributed by atoms with Gasteiger partial charge in [0.15, 0.2) is 0 Å². The van der Waals surface area contributed by atoms with Crippen molar-refractivity contribution in [2.24, 2.45) is 11.8 Å². The van der Waals surface area contributed by atoms with Crippen molar-refractivity contribution in [2.45, 2.75) is 26.2 Å². The summed E-state index contributed by atoms with van der Waals surface area (Å²) in [6.45, 7) is 6.09. The van der Waals surface area contributed by atoms with E-state index in [1.165, 1.54) is 24.8 Å². The van der Waals surface area contributed by atoms with Crippen LogP contribution in [-0.2, 0) is 0 Å². The predicted molar refractivity (Wildman–Crippen MR) is 43.7 cm³/mol. The average molecular weight is 134 g/mol. The highest BCUT2D eigenvalue weighted by molar-refractivity contribution is 5.38. The molecule has 0 amide bonds. The molecule has 2 aliphatic rings. The van der Waals surface area contributed by atoms with E-state index in [4.69, 9.17) is 0 Å². The maximum absolute atomic E-state index is 3.97. The SMILES string of the molecule is C=C(C)C1=CC2CCCC12. The smallest absolute Gasteiger partial charge is 0.00994 e. The van der Waals surface area contributed by atoms with Gasteiger partial charge in [-0.05, 0) is 37.2 Å². The molecule has 0 aliphatic heterocycles. The van der Waals surface area contributed by atoms with Gasteiger partial charge in [0.2, 0.25) is 0 Å². The molecule has 0 aromatic rings. The minimum absolute atomic E-state index is 0.914. The third-order valence-electron chi connectivity index (χ3n) is 2.86. The lowest BCUT2D eigenvalue weighted by molar-refractivity contribution is 0.470. The van der Waals surface area contributed by atoms with Crippen LogP contribution in [0.3, 0.4) is 0 Å². The zero-order valence-corrected chi connectivity index (χ0v) is 6.56. The normalized spacial score (nSPS) is 36.3. The molecule has 0 aromatic carbocycles. The van der Waals surface area contributed by atoms with Crippen LogP contribution in [0.5, 0.6) is 0 Å². The van der Waals surface area contributed by atoms with E-state index in [9.17, 15) is 0 Å². The van der Waals surface area contributed by atoms with Crippen LogP contribution >= 0.6 is 0 Å². The summed E-state index contributed by atoms with van der Waals surface area (Å²) in [7, 11) is 0. The molecule has 2 aliphatic carbocycles. The van der Waals surface area contributed by atoms with Gasteiger partial charge in [-0.3, -0.25) is 0 Å². The lowest BCUT2D eigenvalue weighted by Crippen LogP contribution is -2.19. The van der Waals surface area contributed by atoms with Gasteiger partial charge in [0.1, 0.15) is 0 Å². The standard InChI is InChI=1S/C10H14/c1-7(2)10-6-8-4-3-5-9(8)10/h6,8-9H,1,3-5H2,2H3. The number of hydrogen-bond donors (Lipinski definition) is 0. The second kappa shape index (κ2) is 1.98. The van der Waals surface area contributed by atoms with Crippen molar-refractivity contribution in [3.63, 3.8) is 0 Å². The summed E-state index contributed by atoms with van der Waals surface area (Å²) in [5.41, 5.74) is 2.85. The lowest BCUT2D eigenvalue weighted by atomic mass is 9.74. The second-order valence-electron chi connectivity index (χ2n) is 3.60. The van der Waals surface area contributed by atoms with Crippen molar-refractivity contribution in [3.05, 3.63) is 23.8 Å². The first-order valence-corrected chi connectivity index (χ1v) is 4.16. The molecular formula is C10H14. The Bertz CT molecular complexity index is 198. The Hall–Kier alpha value is -0.520. The largest absolute Gasteiger partial charge is 0.0958 e. The maximum Gasteiger partial charge on any atom is -0.00994 e. The molecule has 2 rings (SSSR count). The van der Waals surface area contributed by atoms with Crippen molar-refractivity contribution in [2.75, 3.05) is 0 Å². The van der Waals surface area contributed by atoms with Crippen LogP contribution in [0.4, 0.5) is 0 Å². The van der Waals surface area contributed by atoms with E-state index in [1.54, 1.807) is 5.57 Å². The first-order chi connectivity index (χ1) is 4.79. The maximum atomic E-state index is 3.97. The molecular weight excluding hydrogens is 120 g/mol. The quantitative estimate of drug-likeness (QED) is 0.517. The van der Waals surface area contributed by atoms with Crippen molar-refractivity contribution in [1.82, 2.24) is 0 Å². The van der Waals surface area contributed by atoms with Crippen LogP contribution in [0.15, 0.2) is 23.8 Å². The van der Waals surface area contributed by atoms with Gasteiger partial charge in [-0.15, -0.1) is 0 Å². The fourth-order valence-electron chi connectivity index (χ4n) is 2.27. The first kappa shape index (κ1) is 6.21. The van der Waals surface area contributed by atoms with Crippen LogP contribution in [0.1, 0.15) is 26.2 Å². The van der Waals surface area contributed by atoms with Crippen LogP contribution < -0.4 is 0 Å². The molecule has 0 N–H and O–H groups in total. The third kappa shape index (κ3) is 0.681. The van der Waals surface area contributed by atoms with E-state index in [2.05, 4.69) is 19.6 Å². The lowest BCUT2D eigenvalue weighted by Gasteiger charge is -2.30. The van der Waals surface area contributed by atoms with Gasteiger partial charge < -0.3 is 0 Å². The van der Waals surface area contributed by atoms with Gasteiger partial charge in [0.25, 0.3) is 0 Å². The molecule has 1 saturated carbocycles. The molecule has 0 bridgehead atoms. The fraction of sp³-hybridized carbons (Fsp3) is 0.600. The van der Waals surface area contributed by atoms with Gasteiger partial charge in [-0.2, -0.15) is 0 Å². The molecule has 2 atom stereocenters. The van der Waals surface area contributed by atoms with Crippen molar-refractivity contribution in [1.29, 1.82) is 0 Å². The molecule has 2 unspecified atom stereocenters. The molecule has 0 saturated heterocycles. The van der Waals surface area contributed by atoms with Crippen molar-refractivity contribution >= 4 is 0 Å². The summed E-state index contributed by atoms with van der Waals surface area (Å²) in [6.07, 6.45) is 6.70. The topological polar surface area (TPSA) is 0 Å². The summed E-state index contributed by atoms with van der Waals surface area (Å²) in [5, 5.41) is 0. The number of hydrogen-bond acceptors (Lipinski definition) is 0. The number of fused-ring (bicyclic) bond motifs is 1. The predicted octanol–water partition coefficient (Wildman–Crippen LogP) is 2.92. The summed E-state index contributed by atoms with van der Waals surface area (Å²) in [4.78, 5) is 0. The summed E-state index contributed by atoms with van der Waals surface area (Å²) in [5.74, 6) is 1.85. The van der Waals surface area contributed by atoms with Crippen LogP contribution in [0.2, 0.25) is 0 Å². The zero-order valence-electron chi connectivity index (χ0n) is 6.56. The van der Waals surface area contributed by atoms with Crippen molar-refractivity contribution < 1.29 is 0 Å². The first-order valence-electron chi connectivity index (χ1n) is 4.16. The highest BCUT2D eigenvalue weighted by Gasteiger charge is 2.35. The van der Waals surface area contributed by atoms with Gasteiger partial charge in [0.05, 0.1) is 0 Å². The third-order valence-corrected chi connectivity index (χ3v) is 2.86. The summed E-state index contributed by atoms with van der Waals surface area (Å²) < 4.78 is 0. The molecule has 10 heavy (non-hydrogen) atoms. The molecule has 0 spiro atoms. The van der Waals surface area contributed by atoms with E-state index in [-0.39, 0.29) is 0 Å². The Kier molecular flexibility index (Phi) is 1.23. The van der Waals surface area contributed by atoms with E-state index >= 15 is 0 Å². The fourth-order valence-corrected chi connectivity index (χ4v) is 2.27. The van der Waals surface area contributed by atoms with E-state index < -0.39 is 0 Å². The highest BCUT2D eigenvalue weighted by atomic mass is 14.4. The average Bonchev–Trinajstić information content (AvgIpc) is 2.11. The summed E-state index contributed by atoms with van der Waals surface area (Å²) >= 11 is 0. The minimum Gasteiger partial charge on any atom is -0.0958 e. The second-order valence-corrected chi connectivity index (χ2v) is 3.60.